The quantitative estimate of drug-likeness (QED) is 0.178. The van der Waals surface area contributed by atoms with Crippen LogP contribution >= 0.6 is 24.8 Å². The van der Waals surface area contributed by atoms with E-state index in [1.54, 1.807) is 8.85 Å². The molecule has 1 aliphatic heterocycles. The number of anilines is 1. The van der Waals surface area contributed by atoms with Gasteiger partial charge in [0, 0.05) is 0 Å². The Morgan fingerprint density at radius 1 is 0.739 bits per heavy atom. The van der Waals surface area contributed by atoms with Gasteiger partial charge in [0.15, 0.2) is 0 Å². The van der Waals surface area contributed by atoms with E-state index >= 15 is 0 Å². The summed E-state index contributed by atoms with van der Waals surface area (Å²) in [4.78, 5) is 2.56. The van der Waals surface area contributed by atoms with Crippen LogP contribution in [0.3, 0.4) is 0 Å². The summed E-state index contributed by atoms with van der Waals surface area (Å²) in [6.07, 6.45) is 7.66. The molecule has 0 bridgehead atoms. The maximum Gasteiger partial charge on any atom is -0.147 e. The molecular formula is C41H45Cl2NSiZr. The molecule has 0 amide bonds. The third-order valence-electron chi connectivity index (χ3n) is 10.1. The molecule has 7 rings (SSSR count). The molecule has 1 nitrogen and oxygen atoms in total. The van der Waals surface area contributed by atoms with Gasteiger partial charge in [-0.3, -0.25) is 0 Å². The molecule has 0 saturated heterocycles. The molecular weight excluding hydrogens is 697 g/mol. The molecule has 0 N–H and O–H groups in total. The number of rotatable bonds is 6. The average molecular weight is 742 g/mol. The van der Waals surface area contributed by atoms with Crippen LogP contribution in [-0.4, -0.2) is 12.9 Å². The Morgan fingerprint density at radius 2 is 1.30 bits per heavy atom. The molecule has 0 spiro atoms. The van der Waals surface area contributed by atoms with Crippen molar-refractivity contribution in [2.45, 2.75) is 46.6 Å². The zero-order valence-corrected chi connectivity index (χ0v) is 33.3. The van der Waals surface area contributed by atoms with Crippen LogP contribution in [0.25, 0.3) is 28.3 Å². The number of para-hydroxylation sites is 1. The van der Waals surface area contributed by atoms with Crippen LogP contribution in [-0.2, 0) is 17.4 Å². The Morgan fingerprint density at radius 3 is 1.89 bits per heavy atom. The first-order valence-corrected chi connectivity index (χ1v) is 29.6. The van der Waals surface area contributed by atoms with Gasteiger partial charge in [-0.15, -0.1) is 24.8 Å². The molecule has 0 aromatic heterocycles. The first-order chi connectivity index (χ1) is 21.0. The van der Waals surface area contributed by atoms with Crippen LogP contribution in [0.5, 0.6) is 0 Å². The molecule has 3 aliphatic rings. The summed E-state index contributed by atoms with van der Waals surface area (Å²) >= 11 is -3.81. The molecule has 236 valence electrons. The smallest absolute Gasteiger partial charge is 0.147 e. The van der Waals surface area contributed by atoms with E-state index in [0.717, 1.165) is 0 Å². The maximum atomic E-state index is 2.74. The zero-order chi connectivity index (χ0) is 30.8. The van der Waals surface area contributed by atoms with Crippen molar-refractivity contribution in [3.8, 4) is 22.3 Å². The van der Waals surface area contributed by atoms with Crippen LogP contribution in [0, 0.1) is 5.92 Å². The fourth-order valence-electron chi connectivity index (χ4n) is 8.48. The summed E-state index contributed by atoms with van der Waals surface area (Å²) in [6, 6.07) is 38.2. The van der Waals surface area contributed by atoms with Crippen LogP contribution < -0.4 is 4.90 Å². The number of nitrogens with zero attached hydrogens (tertiary/aromatic N) is 1. The van der Waals surface area contributed by atoms with Crippen molar-refractivity contribution in [2.75, 3.05) is 4.90 Å². The van der Waals surface area contributed by atoms with Crippen LogP contribution in [0.4, 0.5) is 5.69 Å². The molecule has 0 saturated carbocycles. The van der Waals surface area contributed by atoms with Crippen molar-refractivity contribution in [3.05, 3.63) is 152 Å². The molecule has 0 radical (unpaired) electrons. The number of fused-ring (bicyclic) bond motifs is 2. The third-order valence-corrected chi connectivity index (χ3v) is 26.5. The van der Waals surface area contributed by atoms with Crippen molar-refractivity contribution in [1.29, 1.82) is 0 Å². The second-order valence-corrected chi connectivity index (χ2v) is 43.8. The molecule has 2 aliphatic carbocycles. The Hall–Kier alpha value is -2.68. The average Bonchev–Trinajstić information content (AvgIpc) is 3.66. The summed E-state index contributed by atoms with van der Waals surface area (Å²) < 4.78 is 7.63. The molecule has 2 atom stereocenters. The van der Waals surface area contributed by atoms with Gasteiger partial charge in [-0.05, 0) is 0 Å². The Kier molecular flexibility index (Phi) is 9.59. The van der Waals surface area contributed by atoms with Gasteiger partial charge in [0.2, 0.25) is 0 Å². The van der Waals surface area contributed by atoms with E-state index in [9.17, 15) is 0 Å². The summed E-state index contributed by atoms with van der Waals surface area (Å²) in [5.41, 5.74) is 15.5. The van der Waals surface area contributed by atoms with Gasteiger partial charge in [-0.25, -0.2) is 0 Å². The normalized spacial score (nSPS) is 18.8. The largest absolute Gasteiger partial charge is 0.147 e. The van der Waals surface area contributed by atoms with Crippen molar-refractivity contribution < 1.29 is 17.4 Å². The molecule has 4 aromatic rings. The number of allylic oxidation sites excluding steroid dienone is 4. The van der Waals surface area contributed by atoms with Crippen LogP contribution in [0.15, 0.2) is 141 Å². The van der Waals surface area contributed by atoms with Gasteiger partial charge in [-0.2, -0.15) is 0 Å². The van der Waals surface area contributed by atoms with Crippen molar-refractivity contribution in [3.63, 3.8) is 0 Å². The molecule has 1 heterocycles. The Balaban J connectivity index is 0.00000208. The van der Waals surface area contributed by atoms with Gasteiger partial charge in [0.25, 0.3) is 0 Å². The Labute approximate surface area is 290 Å². The summed E-state index contributed by atoms with van der Waals surface area (Å²) in [6.45, 7) is 12.0. The second kappa shape index (κ2) is 12.7. The standard InChI is InChI=1S/C22H17.C17H18N.2CH3.2ClH.H2Si.Zr/c1-16-12-20-14-19(17-8-4-2-5-9-17)15-22(21(20)13-16)18-10-6-3-7-11-18;1-12(2)14-10-15-9-13(3)18(17(15)11-14)16-7-5-4-6-8-16;;;;;;/h2-15H,1H3;4-9,11-13H,1-3H3;2*1H3;2*1H;1H2;. The van der Waals surface area contributed by atoms with Gasteiger partial charge in [0.1, 0.15) is 0 Å². The first-order valence-electron chi connectivity index (χ1n) is 16.1. The first kappa shape index (κ1) is 34.6. The van der Waals surface area contributed by atoms with E-state index in [1.807, 2.05) is 0 Å². The molecule has 5 heteroatoms. The van der Waals surface area contributed by atoms with Gasteiger partial charge < -0.3 is 0 Å². The van der Waals surface area contributed by atoms with E-state index in [4.69, 9.17) is 0 Å². The number of hydrogen-bond acceptors (Lipinski definition) is 1. The minimum atomic E-state index is -3.81. The van der Waals surface area contributed by atoms with E-state index in [0.29, 0.717) is 15.6 Å². The minimum Gasteiger partial charge on any atom is -0.147 e. The molecule has 4 aromatic carbocycles. The maximum absolute atomic E-state index is 3.81. The van der Waals surface area contributed by atoms with Crippen LogP contribution in [0.1, 0.15) is 42.4 Å². The van der Waals surface area contributed by atoms with Crippen molar-refractivity contribution in [2.24, 2.45) is 5.92 Å². The molecule has 46 heavy (non-hydrogen) atoms. The zero-order valence-electron chi connectivity index (χ0n) is 27.7. The number of halogens is 2. The van der Waals surface area contributed by atoms with E-state index in [-0.39, 0.29) is 24.8 Å². The second-order valence-electron chi connectivity index (χ2n) is 14.4. The number of hydrogen-bond donors (Lipinski definition) is 0. The van der Waals surface area contributed by atoms with Gasteiger partial charge in [-0.1, -0.05) is 0 Å². The SMILES string of the molecule is CC1=Cc2c(-c3ccccc3)cc(-c3ccccc3)cc2[CH]1[Zr]([CH3])([CH3])(=[SiH2])[C]1=C(C(C)C)C=C2C1=CC(C)N2c1ccccc1.Cl.Cl. The summed E-state index contributed by atoms with van der Waals surface area (Å²) in [5.74, 6) is 0.468. The van der Waals surface area contributed by atoms with Gasteiger partial charge >= 0.3 is 268 Å². The number of benzene rings is 4. The third kappa shape index (κ3) is 5.62. The van der Waals surface area contributed by atoms with E-state index in [2.05, 4.69) is 170 Å². The predicted molar refractivity (Wildman–Crippen MR) is 205 cm³/mol. The summed E-state index contributed by atoms with van der Waals surface area (Å²) in [5, 5.41) is 0. The Bertz CT molecular complexity index is 1980. The van der Waals surface area contributed by atoms with E-state index < -0.39 is 17.4 Å². The monoisotopic (exact) mass is 739 g/mol. The fourth-order valence-corrected chi connectivity index (χ4v) is 27.5. The van der Waals surface area contributed by atoms with Crippen molar-refractivity contribution in [1.82, 2.24) is 0 Å². The summed E-state index contributed by atoms with van der Waals surface area (Å²) in [7, 11) is 0. The van der Waals surface area contributed by atoms with Crippen LogP contribution in [0.2, 0.25) is 9.26 Å². The van der Waals surface area contributed by atoms with Crippen molar-refractivity contribution >= 4 is 43.5 Å². The minimum absolute atomic E-state index is 0. The predicted octanol–water partition coefficient (Wildman–Crippen LogP) is 11.3. The van der Waals surface area contributed by atoms with Gasteiger partial charge in [0.05, 0.1) is 0 Å². The molecule has 2 unspecified atom stereocenters. The fraction of sp³-hybridized carbons (Fsp3) is 0.220. The van der Waals surface area contributed by atoms with E-state index in [1.165, 1.54) is 55.9 Å². The topological polar surface area (TPSA) is 3.24 Å². The molecule has 0 fully saturated rings.